The quantitative estimate of drug-likeness (QED) is 0.674. The number of carbonyl (C=O) groups is 1. The van der Waals surface area contributed by atoms with E-state index in [1.165, 1.54) is 11.3 Å². The van der Waals surface area contributed by atoms with Gasteiger partial charge >= 0.3 is 0 Å². The Morgan fingerprint density at radius 3 is 2.83 bits per heavy atom. The number of fused-ring (bicyclic) bond motifs is 1. The predicted octanol–water partition coefficient (Wildman–Crippen LogP) is 2.63. The maximum atomic E-state index is 12.8. The summed E-state index contributed by atoms with van der Waals surface area (Å²) in [4.78, 5) is 37.4. The Morgan fingerprint density at radius 1 is 1.28 bits per heavy atom. The second-order valence-electron chi connectivity index (χ2n) is 7.35. The molecule has 0 saturated carbocycles. The highest BCUT2D eigenvalue weighted by molar-refractivity contribution is 7.21. The second-order valence-corrected chi connectivity index (χ2v) is 8.30. The summed E-state index contributed by atoms with van der Waals surface area (Å²) < 4.78 is 1.59. The van der Waals surface area contributed by atoms with E-state index in [1.807, 2.05) is 35.2 Å². The van der Waals surface area contributed by atoms with Crippen molar-refractivity contribution in [2.45, 2.75) is 45.2 Å². The van der Waals surface area contributed by atoms with E-state index >= 15 is 0 Å². The van der Waals surface area contributed by atoms with Crippen molar-refractivity contribution in [1.82, 2.24) is 19.9 Å². The number of aryl methyl sites for hydroxylation is 1. The summed E-state index contributed by atoms with van der Waals surface area (Å²) in [7, 11) is 1.74. The maximum absolute atomic E-state index is 12.8. The Morgan fingerprint density at radius 2 is 2.07 bits per heavy atom. The van der Waals surface area contributed by atoms with Crippen LogP contribution in [0.1, 0.15) is 37.6 Å². The van der Waals surface area contributed by atoms with Crippen molar-refractivity contribution >= 4 is 32.7 Å². The van der Waals surface area contributed by atoms with Crippen molar-refractivity contribution < 1.29 is 4.79 Å². The van der Waals surface area contributed by atoms with Crippen LogP contribution in [0.15, 0.2) is 35.1 Å². The minimum absolute atomic E-state index is 0.00172. The molecule has 7 nitrogen and oxygen atoms in total. The van der Waals surface area contributed by atoms with Crippen LogP contribution in [-0.4, -0.2) is 33.0 Å². The molecule has 4 rings (SSSR count). The van der Waals surface area contributed by atoms with Crippen LogP contribution in [0.5, 0.6) is 0 Å². The molecule has 1 amide bonds. The molecular formula is C21H25N5O2S. The first-order valence-corrected chi connectivity index (χ1v) is 10.8. The van der Waals surface area contributed by atoms with Gasteiger partial charge in [0.1, 0.15) is 11.9 Å². The van der Waals surface area contributed by atoms with Crippen LogP contribution in [0.4, 0.5) is 5.13 Å². The minimum atomic E-state index is -0.266. The molecule has 0 spiro atoms. The van der Waals surface area contributed by atoms with E-state index in [2.05, 4.69) is 22.2 Å². The van der Waals surface area contributed by atoms with E-state index in [1.54, 1.807) is 11.6 Å². The standard InChI is InChI=1S/C21H25N5O2S/c1-3-8-16-23-19-17(20(28)25(16)2)24-21(29-19)26-12-7-11-15(26)18(27)22-13-14-9-5-4-6-10-14/h4-6,9-10,15H,3,7-8,11-13H2,1-2H3,(H,22,27)/t15-/m1/s1. The molecule has 1 saturated heterocycles. The SMILES string of the molecule is CCCc1nc2sc(N3CCC[C@@H]3C(=O)NCc3ccccc3)nc2c(=O)n1C. The molecule has 3 aromatic rings. The van der Waals surface area contributed by atoms with Gasteiger partial charge in [0.15, 0.2) is 15.5 Å². The number of rotatable bonds is 6. The highest BCUT2D eigenvalue weighted by Crippen LogP contribution is 2.31. The Kier molecular flexibility index (Phi) is 5.62. The average Bonchev–Trinajstić information content (AvgIpc) is 3.38. The van der Waals surface area contributed by atoms with Crippen LogP contribution in [-0.2, 0) is 24.8 Å². The van der Waals surface area contributed by atoms with Crippen LogP contribution >= 0.6 is 11.3 Å². The number of thiazole rings is 1. The largest absolute Gasteiger partial charge is 0.350 e. The van der Waals surface area contributed by atoms with Gasteiger partial charge in [-0.2, -0.15) is 0 Å². The molecule has 1 fully saturated rings. The fraction of sp³-hybridized carbons (Fsp3) is 0.429. The van der Waals surface area contributed by atoms with E-state index in [9.17, 15) is 9.59 Å². The first kappa shape index (κ1) is 19.6. The highest BCUT2D eigenvalue weighted by atomic mass is 32.1. The highest BCUT2D eigenvalue weighted by Gasteiger charge is 2.33. The molecular weight excluding hydrogens is 386 g/mol. The number of benzene rings is 1. The van der Waals surface area contributed by atoms with Crippen molar-refractivity contribution in [3.8, 4) is 0 Å². The van der Waals surface area contributed by atoms with Gasteiger partial charge in [-0.3, -0.25) is 14.2 Å². The second kappa shape index (κ2) is 8.32. The van der Waals surface area contributed by atoms with E-state index < -0.39 is 0 Å². The number of aromatic nitrogens is 3. The Bertz CT molecular complexity index is 1080. The van der Waals surface area contributed by atoms with Crippen LogP contribution in [0.25, 0.3) is 10.3 Å². The topological polar surface area (TPSA) is 80.1 Å². The van der Waals surface area contributed by atoms with Crippen LogP contribution in [0.2, 0.25) is 0 Å². The van der Waals surface area contributed by atoms with Crippen molar-refractivity contribution in [3.05, 3.63) is 52.1 Å². The third-order valence-corrected chi connectivity index (χ3v) is 6.29. The lowest BCUT2D eigenvalue weighted by Crippen LogP contribution is -2.43. The van der Waals surface area contributed by atoms with Gasteiger partial charge in [-0.15, -0.1) is 0 Å². The zero-order valence-corrected chi connectivity index (χ0v) is 17.5. The number of nitrogens with one attached hydrogen (secondary N) is 1. The number of nitrogens with zero attached hydrogens (tertiary/aromatic N) is 4. The molecule has 0 unspecified atom stereocenters. The number of hydrogen-bond donors (Lipinski definition) is 1. The number of carbonyl (C=O) groups excluding carboxylic acids is 1. The lowest BCUT2D eigenvalue weighted by molar-refractivity contribution is -0.122. The van der Waals surface area contributed by atoms with Crippen molar-refractivity contribution in [2.24, 2.45) is 7.05 Å². The molecule has 8 heteroatoms. The van der Waals surface area contributed by atoms with Gasteiger partial charge in [0, 0.05) is 26.6 Å². The van der Waals surface area contributed by atoms with Crippen LogP contribution in [0.3, 0.4) is 0 Å². The van der Waals surface area contributed by atoms with Gasteiger partial charge in [-0.25, -0.2) is 9.97 Å². The molecule has 1 N–H and O–H groups in total. The molecule has 0 aliphatic carbocycles. The summed E-state index contributed by atoms with van der Waals surface area (Å²) in [5.41, 5.74) is 1.34. The van der Waals surface area contributed by atoms with Crippen molar-refractivity contribution in [1.29, 1.82) is 0 Å². The van der Waals surface area contributed by atoms with E-state index in [0.717, 1.165) is 43.6 Å². The van der Waals surface area contributed by atoms with Gasteiger partial charge in [0.05, 0.1) is 0 Å². The Labute approximate surface area is 173 Å². The zero-order valence-electron chi connectivity index (χ0n) is 16.7. The van der Waals surface area contributed by atoms with Gasteiger partial charge < -0.3 is 10.2 Å². The number of hydrogen-bond acceptors (Lipinski definition) is 6. The van der Waals surface area contributed by atoms with E-state index in [0.29, 0.717) is 22.0 Å². The van der Waals surface area contributed by atoms with Gasteiger partial charge in [-0.1, -0.05) is 48.6 Å². The fourth-order valence-electron chi connectivity index (χ4n) is 3.73. The van der Waals surface area contributed by atoms with Gasteiger partial charge in [-0.05, 0) is 24.8 Å². The molecule has 1 aliphatic heterocycles. The molecule has 0 radical (unpaired) electrons. The summed E-state index contributed by atoms with van der Waals surface area (Å²) in [6.45, 7) is 3.33. The fourth-order valence-corrected chi connectivity index (χ4v) is 4.75. The normalized spacial score (nSPS) is 16.5. The van der Waals surface area contributed by atoms with Crippen LogP contribution in [0, 0.1) is 0 Å². The predicted molar refractivity (Wildman–Crippen MR) is 115 cm³/mol. The Hall–Kier alpha value is -2.74. The first-order valence-electron chi connectivity index (χ1n) is 10.0. The van der Waals surface area contributed by atoms with E-state index in [4.69, 9.17) is 0 Å². The van der Waals surface area contributed by atoms with Gasteiger partial charge in [0.2, 0.25) is 5.91 Å². The molecule has 2 aromatic heterocycles. The van der Waals surface area contributed by atoms with Crippen molar-refractivity contribution in [3.63, 3.8) is 0 Å². The third-order valence-electron chi connectivity index (χ3n) is 5.31. The molecule has 1 aliphatic rings. The molecule has 3 heterocycles. The molecule has 1 atom stereocenters. The van der Waals surface area contributed by atoms with E-state index in [-0.39, 0.29) is 17.5 Å². The summed E-state index contributed by atoms with van der Waals surface area (Å²) in [5.74, 6) is 0.775. The monoisotopic (exact) mass is 411 g/mol. The molecule has 0 bridgehead atoms. The summed E-state index contributed by atoms with van der Waals surface area (Å²) in [6.07, 6.45) is 3.38. The summed E-state index contributed by atoms with van der Waals surface area (Å²) >= 11 is 1.40. The molecule has 152 valence electrons. The summed E-state index contributed by atoms with van der Waals surface area (Å²) in [6, 6.07) is 9.61. The molecule has 1 aromatic carbocycles. The lowest BCUT2D eigenvalue weighted by Gasteiger charge is -2.23. The summed E-state index contributed by atoms with van der Waals surface area (Å²) in [5, 5.41) is 3.74. The maximum Gasteiger partial charge on any atom is 0.280 e. The first-order chi connectivity index (χ1) is 14.1. The van der Waals surface area contributed by atoms with Gasteiger partial charge in [0.25, 0.3) is 5.56 Å². The average molecular weight is 412 g/mol. The van der Waals surface area contributed by atoms with Crippen molar-refractivity contribution in [2.75, 3.05) is 11.4 Å². The molecule has 29 heavy (non-hydrogen) atoms. The minimum Gasteiger partial charge on any atom is -0.350 e. The zero-order chi connectivity index (χ0) is 20.4. The smallest absolute Gasteiger partial charge is 0.280 e. The lowest BCUT2D eigenvalue weighted by atomic mass is 10.2. The number of anilines is 1. The number of amides is 1. The third kappa shape index (κ3) is 3.89. The Balaban J connectivity index is 1.56. The van der Waals surface area contributed by atoms with Crippen LogP contribution < -0.4 is 15.8 Å².